The van der Waals surface area contributed by atoms with Gasteiger partial charge in [-0.15, -0.1) is 0 Å². The van der Waals surface area contributed by atoms with Crippen molar-refractivity contribution in [1.29, 1.82) is 0 Å². The zero-order chi connectivity index (χ0) is 26.6. The molecule has 0 bridgehead atoms. The monoisotopic (exact) mass is 511 g/mol. The summed E-state index contributed by atoms with van der Waals surface area (Å²) < 4.78 is 16.3. The number of urea groups is 1. The Balaban J connectivity index is 1.49. The summed E-state index contributed by atoms with van der Waals surface area (Å²) in [5.41, 5.74) is 3.74. The summed E-state index contributed by atoms with van der Waals surface area (Å²) in [7, 11) is 0. The third-order valence-electron chi connectivity index (χ3n) is 6.11. The van der Waals surface area contributed by atoms with Crippen LogP contribution in [0.3, 0.4) is 0 Å². The van der Waals surface area contributed by atoms with Gasteiger partial charge in [0.05, 0.1) is 40.9 Å². The lowest BCUT2D eigenvalue weighted by atomic mass is 10.0. The number of benzene rings is 2. The number of pyridine rings is 1. The molecular weight excluding hydrogens is 486 g/mol. The standard InChI is InChI=1S/C29H25N3O6/c1-3-36-28(34)25-23(31-29(35)32-26(25)24-9-6-14-37-24)16-38-27(33)20-15-22(18-12-10-17(2)11-13-18)30-21-8-5-4-7-19(20)21/h4-15,26H,3,16H2,1-2H3,(H2,31,32,35)/t26-/m1/s1. The number of carbonyl (C=O) groups is 3. The molecule has 9 nitrogen and oxygen atoms in total. The maximum Gasteiger partial charge on any atom is 0.339 e. The van der Waals surface area contributed by atoms with E-state index in [-0.39, 0.29) is 24.5 Å². The van der Waals surface area contributed by atoms with Crippen LogP contribution in [0.15, 0.2) is 88.7 Å². The quantitative estimate of drug-likeness (QED) is 0.341. The van der Waals surface area contributed by atoms with Gasteiger partial charge < -0.3 is 24.5 Å². The third-order valence-corrected chi connectivity index (χ3v) is 6.11. The molecule has 1 atom stereocenters. The van der Waals surface area contributed by atoms with Crippen LogP contribution in [0, 0.1) is 6.92 Å². The fraction of sp³-hybridized carbons (Fsp3) is 0.172. The van der Waals surface area contributed by atoms with Gasteiger partial charge in [-0.05, 0) is 38.1 Å². The average molecular weight is 512 g/mol. The van der Waals surface area contributed by atoms with E-state index in [1.807, 2.05) is 49.4 Å². The highest BCUT2D eigenvalue weighted by Crippen LogP contribution is 2.29. The minimum atomic E-state index is -0.901. The first-order valence-electron chi connectivity index (χ1n) is 12.1. The van der Waals surface area contributed by atoms with Gasteiger partial charge in [-0.2, -0.15) is 0 Å². The molecule has 1 aliphatic rings. The fourth-order valence-electron chi connectivity index (χ4n) is 4.28. The van der Waals surface area contributed by atoms with Crippen LogP contribution in [0.2, 0.25) is 0 Å². The Labute approximate surface area is 218 Å². The Hall–Kier alpha value is -4.92. The molecule has 0 spiro atoms. The summed E-state index contributed by atoms with van der Waals surface area (Å²) in [6, 6.07) is 18.6. The maximum atomic E-state index is 13.4. The van der Waals surface area contributed by atoms with E-state index in [2.05, 4.69) is 10.6 Å². The Morgan fingerprint density at radius 1 is 1.00 bits per heavy atom. The highest BCUT2D eigenvalue weighted by Gasteiger charge is 2.36. The molecule has 0 saturated carbocycles. The zero-order valence-corrected chi connectivity index (χ0v) is 20.8. The molecule has 0 unspecified atom stereocenters. The van der Waals surface area contributed by atoms with Crippen molar-refractivity contribution >= 4 is 28.9 Å². The highest BCUT2D eigenvalue weighted by molar-refractivity contribution is 6.04. The van der Waals surface area contributed by atoms with Crippen LogP contribution < -0.4 is 10.6 Å². The summed E-state index contributed by atoms with van der Waals surface area (Å²) in [4.78, 5) is 43.4. The molecular formula is C29H25N3O6. The first-order chi connectivity index (χ1) is 18.4. The van der Waals surface area contributed by atoms with E-state index in [0.717, 1.165) is 11.1 Å². The van der Waals surface area contributed by atoms with Gasteiger partial charge in [0.1, 0.15) is 18.4 Å². The van der Waals surface area contributed by atoms with Crippen LogP contribution in [0.25, 0.3) is 22.2 Å². The summed E-state index contributed by atoms with van der Waals surface area (Å²) in [6.07, 6.45) is 1.44. The molecule has 192 valence electrons. The molecule has 2 aromatic carbocycles. The van der Waals surface area contributed by atoms with Crippen molar-refractivity contribution in [3.8, 4) is 11.3 Å². The second-order valence-electron chi connectivity index (χ2n) is 8.67. The minimum Gasteiger partial charge on any atom is -0.467 e. The molecule has 2 N–H and O–H groups in total. The molecule has 3 heterocycles. The van der Waals surface area contributed by atoms with Crippen molar-refractivity contribution in [2.24, 2.45) is 0 Å². The molecule has 9 heteroatoms. The Bertz CT molecular complexity index is 1540. The van der Waals surface area contributed by atoms with Gasteiger partial charge in [0, 0.05) is 10.9 Å². The van der Waals surface area contributed by atoms with Crippen molar-refractivity contribution in [2.75, 3.05) is 13.2 Å². The molecule has 2 aromatic heterocycles. The van der Waals surface area contributed by atoms with E-state index in [9.17, 15) is 14.4 Å². The van der Waals surface area contributed by atoms with E-state index >= 15 is 0 Å². The van der Waals surface area contributed by atoms with E-state index in [4.69, 9.17) is 18.9 Å². The lowest BCUT2D eigenvalue weighted by Gasteiger charge is -2.27. The van der Waals surface area contributed by atoms with Crippen LogP contribution in [-0.2, 0) is 14.3 Å². The number of para-hydroxylation sites is 1. The summed E-state index contributed by atoms with van der Waals surface area (Å²) in [5, 5.41) is 5.86. The second kappa shape index (κ2) is 10.6. The van der Waals surface area contributed by atoms with Crippen LogP contribution in [0.5, 0.6) is 0 Å². The normalized spacial score (nSPS) is 15.1. The van der Waals surface area contributed by atoms with Gasteiger partial charge in [0.2, 0.25) is 0 Å². The fourth-order valence-corrected chi connectivity index (χ4v) is 4.28. The number of amides is 2. The zero-order valence-electron chi connectivity index (χ0n) is 20.8. The van der Waals surface area contributed by atoms with Gasteiger partial charge in [0.25, 0.3) is 0 Å². The van der Waals surface area contributed by atoms with Crippen molar-refractivity contribution < 1.29 is 28.3 Å². The number of carbonyl (C=O) groups excluding carboxylic acids is 3. The number of nitrogens with one attached hydrogen (secondary N) is 2. The number of aromatic nitrogens is 1. The SMILES string of the molecule is CCOC(=O)C1=C(COC(=O)c2cc(-c3ccc(C)cc3)nc3ccccc23)NC(=O)N[C@@H]1c1ccco1. The van der Waals surface area contributed by atoms with Gasteiger partial charge in [-0.3, -0.25) is 0 Å². The lowest BCUT2D eigenvalue weighted by molar-refractivity contribution is -0.139. The topological polar surface area (TPSA) is 120 Å². The smallest absolute Gasteiger partial charge is 0.339 e. The van der Waals surface area contributed by atoms with E-state index in [0.29, 0.717) is 27.9 Å². The molecule has 2 amide bonds. The van der Waals surface area contributed by atoms with Gasteiger partial charge in [-0.1, -0.05) is 48.0 Å². The predicted molar refractivity (Wildman–Crippen MR) is 139 cm³/mol. The number of fused-ring (bicyclic) bond motifs is 1. The molecule has 4 aromatic rings. The summed E-state index contributed by atoms with van der Waals surface area (Å²) in [6.45, 7) is 3.43. The molecule has 0 saturated heterocycles. The molecule has 0 fully saturated rings. The maximum absolute atomic E-state index is 13.4. The Morgan fingerprint density at radius 3 is 2.53 bits per heavy atom. The van der Waals surface area contributed by atoms with Crippen LogP contribution in [0.1, 0.15) is 34.6 Å². The molecule has 0 radical (unpaired) electrons. The minimum absolute atomic E-state index is 0.0918. The van der Waals surface area contributed by atoms with Crippen molar-refractivity contribution in [1.82, 2.24) is 15.6 Å². The molecule has 1 aliphatic heterocycles. The average Bonchev–Trinajstić information content (AvgIpc) is 3.46. The van der Waals surface area contributed by atoms with E-state index < -0.39 is 24.0 Å². The number of nitrogens with zero attached hydrogens (tertiary/aromatic N) is 1. The third kappa shape index (κ3) is 4.99. The van der Waals surface area contributed by atoms with Gasteiger partial charge in [0.15, 0.2) is 0 Å². The first-order valence-corrected chi connectivity index (χ1v) is 12.1. The lowest BCUT2D eigenvalue weighted by Crippen LogP contribution is -2.47. The number of rotatable bonds is 7. The molecule has 5 rings (SSSR count). The summed E-state index contributed by atoms with van der Waals surface area (Å²) >= 11 is 0. The van der Waals surface area contributed by atoms with Crippen molar-refractivity contribution in [3.05, 3.63) is 101 Å². The van der Waals surface area contributed by atoms with Crippen LogP contribution >= 0.6 is 0 Å². The van der Waals surface area contributed by atoms with E-state index in [1.54, 1.807) is 31.2 Å². The van der Waals surface area contributed by atoms with Gasteiger partial charge >= 0.3 is 18.0 Å². The number of hydrogen-bond donors (Lipinski definition) is 2. The first kappa shape index (κ1) is 24.8. The molecule has 0 aliphatic carbocycles. The Kier molecular flexibility index (Phi) is 6.90. The van der Waals surface area contributed by atoms with Crippen molar-refractivity contribution in [2.45, 2.75) is 19.9 Å². The number of aryl methyl sites for hydroxylation is 1. The largest absolute Gasteiger partial charge is 0.467 e. The summed E-state index contributed by atoms with van der Waals surface area (Å²) in [5.74, 6) is -0.951. The van der Waals surface area contributed by atoms with Crippen LogP contribution in [-0.4, -0.2) is 36.2 Å². The predicted octanol–water partition coefficient (Wildman–Crippen LogP) is 4.83. The second-order valence-corrected chi connectivity index (χ2v) is 8.67. The highest BCUT2D eigenvalue weighted by atomic mass is 16.5. The van der Waals surface area contributed by atoms with Gasteiger partial charge in [-0.25, -0.2) is 19.4 Å². The number of hydrogen-bond acceptors (Lipinski definition) is 7. The molecule has 38 heavy (non-hydrogen) atoms. The van der Waals surface area contributed by atoms with E-state index in [1.165, 1.54) is 6.26 Å². The number of furan rings is 1. The van der Waals surface area contributed by atoms with Crippen LogP contribution in [0.4, 0.5) is 4.79 Å². The van der Waals surface area contributed by atoms with Crippen molar-refractivity contribution in [3.63, 3.8) is 0 Å². The number of ether oxygens (including phenoxy) is 2. The number of esters is 2. The Morgan fingerprint density at radius 2 is 1.79 bits per heavy atom.